The number of thiophene rings is 2. The summed E-state index contributed by atoms with van der Waals surface area (Å²) in [7, 11) is 0. The van der Waals surface area contributed by atoms with Gasteiger partial charge in [0.05, 0.1) is 11.1 Å². The van der Waals surface area contributed by atoms with E-state index >= 15 is 0 Å². The highest BCUT2D eigenvalue weighted by Gasteiger charge is 2.50. The average Bonchev–Trinajstić information content (AvgIpc) is 3.86. The highest BCUT2D eigenvalue weighted by molar-refractivity contribution is 7.99. The monoisotopic (exact) mass is 727 g/mol. The number of rotatable bonds is 3. The van der Waals surface area contributed by atoms with Crippen LogP contribution in [0.15, 0.2) is 186 Å². The van der Waals surface area contributed by atoms with Crippen molar-refractivity contribution in [3.8, 4) is 11.1 Å². The van der Waals surface area contributed by atoms with Crippen LogP contribution < -0.4 is 4.90 Å². The molecule has 1 nitrogen and oxygen atoms in total. The van der Waals surface area contributed by atoms with Crippen molar-refractivity contribution in [1.82, 2.24) is 0 Å². The Balaban J connectivity index is 1.15. The van der Waals surface area contributed by atoms with Crippen LogP contribution in [0.1, 0.15) is 22.3 Å². The molecule has 1 spiro atoms. The van der Waals surface area contributed by atoms with Crippen LogP contribution in [0.25, 0.3) is 51.5 Å². The zero-order valence-electron chi connectivity index (χ0n) is 28.4. The molecule has 3 heterocycles. The van der Waals surface area contributed by atoms with Crippen molar-refractivity contribution in [1.29, 1.82) is 0 Å². The van der Waals surface area contributed by atoms with Gasteiger partial charge in [0, 0.05) is 61.5 Å². The van der Waals surface area contributed by atoms with Gasteiger partial charge in [-0.05, 0) is 106 Å². The van der Waals surface area contributed by atoms with Gasteiger partial charge in [0.25, 0.3) is 0 Å². The van der Waals surface area contributed by atoms with Gasteiger partial charge in [0.15, 0.2) is 0 Å². The first-order chi connectivity index (χ1) is 26.3. The fourth-order valence-corrected chi connectivity index (χ4v) is 12.6. The summed E-state index contributed by atoms with van der Waals surface area (Å²) in [4.78, 5) is 5.14. The Morgan fingerprint density at radius 3 is 1.87 bits per heavy atom. The zero-order chi connectivity index (χ0) is 34.7. The van der Waals surface area contributed by atoms with E-state index in [0.29, 0.717) is 0 Å². The topological polar surface area (TPSA) is 3.24 Å². The average molecular weight is 728 g/mol. The van der Waals surface area contributed by atoms with Crippen molar-refractivity contribution in [2.24, 2.45) is 0 Å². The molecule has 4 heteroatoms. The molecule has 0 bridgehead atoms. The van der Waals surface area contributed by atoms with Crippen molar-refractivity contribution < 1.29 is 0 Å². The Morgan fingerprint density at radius 1 is 0.377 bits per heavy atom. The van der Waals surface area contributed by atoms with Crippen LogP contribution in [0, 0.1) is 0 Å². The van der Waals surface area contributed by atoms with Gasteiger partial charge < -0.3 is 4.90 Å². The SMILES string of the molecule is c1ccc(N(c2ccc3sc4ccccc4c3c2)c2cccc3sc4cc5c(cc4c23)-c2ccccc2C52c3ccccc3Sc3ccccc32)cc1. The lowest BCUT2D eigenvalue weighted by atomic mass is 9.67. The minimum absolute atomic E-state index is 0.383. The predicted octanol–water partition coefficient (Wildman–Crippen LogP) is 14.7. The van der Waals surface area contributed by atoms with Crippen LogP contribution in [-0.4, -0.2) is 0 Å². The van der Waals surface area contributed by atoms with Gasteiger partial charge in [0.1, 0.15) is 0 Å². The van der Waals surface area contributed by atoms with Crippen molar-refractivity contribution in [3.05, 3.63) is 198 Å². The molecule has 0 unspecified atom stereocenters. The van der Waals surface area contributed by atoms with Crippen molar-refractivity contribution in [3.63, 3.8) is 0 Å². The van der Waals surface area contributed by atoms with Crippen LogP contribution in [0.4, 0.5) is 17.1 Å². The number of benzene rings is 8. The summed E-state index contributed by atoms with van der Waals surface area (Å²) in [6, 6.07) is 65.8. The van der Waals surface area contributed by atoms with Gasteiger partial charge in [-0.15, -0.1) is 22.7 Å². The molecular weight excluding hydrogens is 699 g/mol. The molecule has 248 valence electrons. The Bertz CT molecular complexity index is 3070. The van der Waals surface area contributed by atoms with E-state index < -0.39 is 0 Å². The summed E-state index contributed by atoms with van der Waals surface area (Å²) >= 11 is 5.68. The smallest absolute Gasteiger partial charge is 0.0735 e. The molecule has 0 saturated carbocycles. The van der Waals surface area contributed by atoms with E-state index in [1.807, 2.05) is 34.4 Å². The van der Waals surface area contributed by atoms with Crippen molar-refractivity contribution in [2.75, 3.05) is 4.90 Å². The van der Waals surface area contributed by atoms with E-state index in [-0.39, 0.29) is 5.41 Å². The first-order valence-corrected chi connectivity index (χ1v) is 20.5. The lowest BCUT2D eigenvalue weighted by Gasteiger charge is -2.39. The third kappa shape index (κ3) is 4.09. The normalized spacial score (nSPS) is 13.7. The second kappa shape index (κ2) is 11.2. The van der Waals surface area contributed by atoms with Gasteiger partial charge in [-0.25, -0.2) is 0 Å². The van der Waals surface area contributed by atoms with Crippen molar-refractivity contribution in [2.45, 2.75) is 15.2 Å². The summed E-state index contributed by atoms with van der Waals surface area (Å²) in [5.41, 5.74) is 11.3. The first-order valence-electron chi connectivity index (χ1n) is 18.0. The second-order valence-corrected chi connectivity index (χ2v) is 17.2. The molecule has 0 saturated heterocycles. The zero-order valence-corrected chi connectivity index (χ0v) is 30.9. The maximum absolute atomic E-state index is 2.54. The molecule has 1 aliphatic carbocycles. The quantitative estimate of drug-likeness (QED) is 0.178. The first kappa shape index (κ1) is 29.9. The van der Waals surface area contributed by atoms with Crippen molar-refractivity contribution >= 4 is 91.8 Å². The van der Waals surface area contributed by atoms with Crippen LogP contribution in [-0.2, 0) is 5.41 Å². The summed E-state index contributed by atoms with van der Waals surface area (Å²) in [6.45, 7) is 0. The summed E-state index contributed by atoms with van der Waals surface area (Å²) in [5, 5.41) is 5.22. The molecule has 0 amide bonds. The third-order valence-electron chi connectivity index (χ3n) is 11.3. The molecule has 10 aromatic rings. The number of fused-ring (bicyclic) bond motifs is 15. The number of hydrogen-bond acceptors (Lipinski definition) is 4. The molecule has 0 N–H and O–H groups in total. The van der Waals surface area contributed by atoms with Gasteiger partial charge in [-0.2, -0.15) is 0 Å². The van der Waals surface area contributed by atoms with E-state index in [9.17, 15) is 0 Å². The maximum atomic E-state index is 2.54. The van der Waals surface area contributed by atoms with Crippen LogP contribution in [0.3, 0.4) is 0 Å². The predicted molar refractivity (Wildman–Crippen MR) is 228 cm³/mol. The van der Waals surface area contributed by atoms with Gasteiger partial charge in [0.2, 0.25) is 0 Å². The minimum atomic E-state index is -0.383. The molecule has 8 aromatic carbocycles. The van der Waals surface area contributed by atoms with E-state index in [1.165, 1.54) is 89.2 Å². The van der Waals surface area contributed by atoms with Gasteiger partial charge in [-0.1, -0.05) is 115 Å². The third-order valence-corrected chi connectivity index (χ3v) is 14.7. The fraction of sp³-hybridized carbons (Fsp3) is 0.0204. The largest absolute Gasteiger partial charge is 0.310 e. The molecule has 2 aromatic heterocycles. The van der Waals surface area contributed by atoms with E-state index in [2.05, 4.69) is 181 Å². The number of hydrogen-bond donors (Lipinski definition) is 0. The lowest BCUT2D eigenvalue weighted by molar-refractivity contribution is 0.723. The molecule has 0 atom stereocenters. The molecule has 53 heavy (non-hydrogen) atoms. The Labute approximate surface area is 319 Å². The van der Waals surface area contributed by atoms with Crippen LogP contribution >= 0.6 is 34.4 Å². The number of nitrogens with zero attached hydrogens (tertiary/aromatic N) is 1. The number of anilines is 3. The molecule has 2 aliphatic rings. The van der Waals surface area contributed by atoms with E-state index in [0.717, 1.165) is 11.4 Å². The maximum Gasteiger partial charge on any atom is 0.0735 e. The Hall–Kier alpha value is -5.65. The Kier molecular flexibility index (Phi) is 6.30. The highest BCUT2D eigenvalue weighted by Crippen LogP contribution is 2.63. The second-order valence-electron chi connectivity index (χ2n) is 14.0. The van der Waals surface area contributed by atoms with Gasteiger partial charge in [-0.3, -0.25) is 0 Å². The molecule has 0 fully saturated rings. The standard InChI is InChI=1S/C49H29NS3/c1-2-13-30(14-3-1)50(31-25-26-43-35(27-31)33-16-5-9-21-42(33)51-43)41-20-12-24-46-48(41)36-28-34-32-15-4-6-17-37(32)49(40(34)29-47(36)53-46)38-18-7-10-22-44(38)52-45-23-11-8-19-39(45)49/h1-29H. The minimum Gasteiger partial charge on any atom is -0.310 e. The summed E-state index contributed by atoms with van der Waals surface area (Å²) < 4.78 is 5.26. The molecule has 12 rings (SSSR count). The van der Waals surface area contributed by atoms with E-state index in [4.69, 9.17) is 0 Å². The summed E-state index contributed by atoms with van der Waals surface area (Å²) in [6.07, 6.45) is 0. The summed E-state index contributed by atoms with van der Waals surface area (Å²) in [5.74, 6) is 0. The number of para-hydroxylation sites is 1. The Morgan fingerprint density at radius 2 is 1.04 bits per heavy atom. The van der Waals surface area contributed by atoms with Crippen LogP contribution in [0.5, 0.6) is 0 Å². The van der Waals surface area contributed by atoms with Gasteiger partial charge >= 0.3 is 0 Å². The molecular formula is C49H29NS3. The molecule has 0 radical (unpaired) electrons. The molecule has 1 aliphatic heterocycles. The fourth-order valence-electron chi connectivity index (χ4n) is 9.20. The van der Waals surface area contributed by atoms with Crippen LogP contribution in [0.2, 0.25) is 0 Å². The van der Waals surface area contributed by atoms with E-state index in [1.54, 1.807) is 0 Å². The highest BCUT2D eigenvalue weighted by atomic mass is 32.2. The lowest BCUT2D eigenvalue weighted by Crippen LogP contribution is -2.31.